The van der Waals surface area contributed by atoms with Gasteiger partial charge >= 0.3 is 0 Å². The first-order chi connectivity index (χ1) is 9.33. The van der Waals surface area contributed by atoms with Crippen molar-refractivity contribution in [3.8, 4) is 18.1 Å². The van der Waals surface area contributed by atoms with E-state index in [0.717, 1.165) is 31.7 Å². The SMILES string of the molecule is C#C[C@H](NCc1ccc(OCC)cc1)[C@@H]1CCCO1. The average Bonchev–Trinajstić information content (AvgIpc) is 2.96. The minimum absolute atomic E-state index is 0.00549. The Hall–Kier alpha value is -1.50. The largest absolute Gasteiger partial charge is 0.494 e. The Balaban J connectivity index is 1.85. The van der Waals surface area contributed by atoms with Crippen molar-refractivity contribution in [2.75, 3.05) is 13.2 Å². The van der Waals surface area contributed by atoms with Crippen molar-refractivity contribution < 1.29 is 9.47 Å². The number of hydrogen-bond acceptors (Lipinski definition) is 3. The Bertz CT molecular complexity index is 415. The van der Waals surface area contributed by atoms with E-state index in [1.165, 1.54) is 5.56 Å². The molecule has 102 valence electrons. The molecule has 1 aromatic carbocycles. The van der Waals surface area contributed by atoms with Crippen molar-refractivity contribution in [2.24, 2.45) is 0 Å². The second-order valence-electron chi connectivity index (χ2n) is 4.65. The Labute approximate surface area is 115 Å². The van der Waals surface area contributed by atoms with Gasteiger partial charge in [-0.2, -0.15) is 0 Å². The fraction of sp³-hybridized carbons (Fsp3) is 0.500. The van der Waals surface area contributed by atoms with Crippen LogP contribution in [-0.2, 0) is 11.3 Å². The summed E-state index contributed by atoms with van der Waals surface area (Å²) in [6.45, 7) is 4.25. The third-order valence-corrected chi connectivity index (χ3v) is 3.28. The molecule has 2 rings (SSSR count). The highest BCUT2D eigenvalue weighted by atomic mass is 16.5. The quantitative estimate of drug-likeness (QED) is 0.796. The molecule has 0 amide bonds. The highest BCUT2D eigenvalue weighted by Crippen LogP contribution is 2.16. The van der Waals surface area contributed by atoms with Gasteiger partial charge in [-0.05, 0) is 37.5 Å². The first-order valence-corrected chi connectivity index (χ1v) is 6.86. The maximum atomic E-state index is 5.62. The summed E-state index contributed by atoms with van der Waals surface area (Å²) in [5.41, 5.74) is 1.20. The lowest BCUT2D eigenvalue weighted by Gasteiger charge is -2.19. The molecule has 0 aromatic heterocycles. The molecule has 1 fully saturated rings. The second kappa shape index (κ2) is 7.18. The summed E-state index contributed by atoms with van der Waals surface area (Å²) in [7, 11) is 0. The Morgan fingerprint density at radius 3 is 2.84 bits per heavy atom. The first kappa shape index (κ1) is 13.9. The zero-order valence-electron chi connectivity index (χ0n) is 11.4. The van der Waals surface area contributed by atoms with Gasteiger partial charge in [0.1, 0.15) is 5.75 Å². The molecule has 1 saturated heterocycles. The summed E-state index contributed by atoms with van der Waals surface area (Å²) in [6.07, 6.45) is 7.88. The molecule has 1 heterocycles. The van der Waals surface area contributed by atoms with Gasteiger partial charge in [0.15, 0.2) is 0 Å². The van der Waals surface area contributed by atoms with Crippen LogP contribution in [0, 0.1) is 12.3 Å². The first-order valence-electron chi connectivity index (χ1n) is 6.86. The molecule has 0 bridgehead atoms. The molecule has 0 saturated carbocycles. The van der Waals surface area contributed by atoms with Gasteiger partial charge in [0.2, 0.25) is 0 Å². The van der Waals surface area contributed by atoms with E-state index in [9.17, 15) is 0 Å². The fourth-order valence-corrected chi connectivity index (χ4v) is 2.26. The molecule has 1 N–H and O–H groups in total. The summed E-state index contributed by atoms with van der Waals surface area (Å²) in [4.78, 5) is 0. The van der Waals surface area contributed by atoms with Crippen LogP contribution in [0.5, 0.6) is 5.75 Å². The van der Waals surface area contributed by atoms with Gasteiger partial charge in [-0.1, -0.05) is 18.1 Å². The van der Waals surface area contributed by atoms with Crippen molar-refractivity contribution in [3.05, 3.63) is 29.8 Å². The van der Waals surface area contributed by atoms with Crippen LogP contribution < -0.4 is 10.1 Å². The third kappa shape index (κ3) is 3.99. The summed E-state index contributed by atoms with van der Waals surface area (Å²) >= 11 is 0. The predicted molar refractivity (Wildman–Crippen MR) is 76.0 cm³/mol. The maximum Gasteiger partial charge on any atom is 0.119 e. The van der Waals surface area contributed by atoms with Gasteiger partial charge in [-0.15, -0.1) is 6.42 Å². The van der Waals surface area contributed by atoms with Gasteiger partial charge in [0.25, 0.3) is 0 Å². The van der Waals surface area contributed by atoms with Crippen LogP contribution in [0.4, 0.5) is 0 Å². The lowest BCUT2D eigenvalue weighted by atomic mass is 10.1. The van der Waals surface area contributed by atoms with Crippen molar-refractivity contribution >= 4 is 0 Å². The van der Waals surface area contributed by atoms with Gasteiger partial charge in [0.05, 0.1) is 18.8 Å². The van der Waals surface area contributed by atoms with Crippen LogP contribution in [0.2, 0.25) is 0 Å². The van der Waals surface area contributed by atoms with Crippen molar-refractivity contribution in [2.45, 2.75) is 38.5 Å². The van der Waals surface area contributed by atoms with E-state index < -0.39 is 0 Å². The molecule has 1 aromatic rings. The number of hydrogen-bond donors (Lipinski definition) is 1. The van der Waals surface area contributed by atoms with Gasteiger partial charge in [0, 0.05) is 13.2 Å². The molecule has 0 spiro atoms. The van der Waals surface area contributed by atoms with Gasteiger partial charge < -0.3 is 9.47 Å². The zero-order chi connectivity index (χ0) is 13.5. The molecule has 19 heavy (non-hydrogen) atoms. The lowest BCUT2D eigenvalue weighted by molar-refractivity contribution is 0.0934. The molecule has 2 atom stereocenters. The normalized spacial score (nSPS) is 19.9. The van der Waals surface area contributed by atoms with E-state index in [4.69, 9.17) is 15.9 Å². The number of rotatable bonds is 6. The highest BCUT2D eigenvalue weighted by molar-refractivity contribution is 5.27. The van der Waals surface area contributed by atoms with E-state index in [0.29, 0.717) is 6.61 Å². The number of ether oxygens (including phenoxy) is 2. The number of benzene rings is 1. The molecule has 0 aliphatic carbocycles. The zero-order valence-corrected chi connectivity index (χ0v) is 11.4. The molecular formula is C16H21NO2. The molecule has 0 radical (unpaired) electrons. The van der Waals surface area contributed by atoms with E-state index in [1.807, 2.05) is 19.1 Å². The van der Waals surface area contributed by atoms with E-state index >= 15 is 0 Å². The lowest BCUT2D eigenvalue weighted by Crippen LogP contribution is -2.37. The summed E-state index contributed by atoms with van der Waals surface area (Å²) < 4.78 is 11.0. The van der Waals surface area contributed by atoms with Crippen LogP contribution in [0.25, 0.3) is 0 Å². The van der Waals surface area contributed by atoms with Gasteiger partial charge in [-0.25, -0.2) is 0 Å². The Kier molecular flexibility index (Phi) is 5.26. The van der Waals surface area contributed by atoms with Crippen molar-refractivity contribution in [1.82, 2.24) is 5.32 Å². The topological polar surface area (TPSA) is 30.5 Å². The maximum absolute atomic E-state index is 5.62. The Morgan fingerprint density at radius 2 is 2.26 bits per heavy atom. The van der Waals surface area contributed by atoms with Crippen LogP contribution in [0.1, 0.15) is 25.3 Å². The highest BCUT2D eigenvalue weighted by Gasteiger charge is 2.23. The van der Waals surface area contributed by atoms with Crippen molar-refractivity contribution in [1.29, 1.82) is 0 Å². The summed E-state index contributed by atoms with van der Waals surface area (Å²) in [5, 5.41) is 3.38. The van der Waals surface area contributed by atoms with Crippen LogP contribution >= 0.6 is 0 Å². The standard InChI is InChI=1S/C16H21NO2/c1-3-15(16-6-5-11-19-16)17-12-13-7-9-14(10-8-13)18-4-2/h1,7-10,15-17H,4-6,11-12H2,2H3/t15-,16-/m0/s1. The summed E-state index contributed by atoms with van der Waals surface area (Å²) in [5.74, 6) is 3.69. The van der Waals surface area contributed by atoms with E-state index in [2.05, 4.69) is 23.4 Å². The average molecular weight is 259 g/mol. The Morgan fingerprint density at radius 1 is 1.47 bits per heavy atom. The van der Waals surface area contributed by atoms with Crippen molar-refractivity contribution in [3.63, 3.8) is 0 Å². The predicted octanol–water partition coefficient (Wildman–Crippen LogP) is 2.36. The number of nitrogens with one attached hydrogen (secondary N) is 1. The molecular weight excluding hydrogens is 238 g/mol. The van der Waals surface area contributed by atoms with Gasteiger partial charge in [-0.3, -0.25) is 5.32 Å². The molecule has 1 aliphatic rings. The monoisotopic (exact) mass is 259 g/mol. The molecule has 3 nitrogen and oxygen atoms in total. The number of terminal acetylenes is 1. The molecule has 1 aliphatic heterocycles. The second-order valence-corrected chi connectivity index (χ2v) is 4.65. The van der Waals surface area contributed by atoms with E-state index in [-0.39, 0.29) is 12.1 Å². The fourth-order valence-electron chi connectivity index (χ4n) is 2.26. The molecule has 3 heteroatoms. The smallest absolute Gasteiger partial charge is 0.119 e. The minimum Gasteiger partial charge on any atom is -0.494 e. The van der Waals surface area contributed by atoms with Crippen LogP contribution in [0.3, 0.4) is 0 Å². The third-order valence-electron chi connectivity index (χ3n) is 3.28. The summed E-state index contributed by atoms with van der Waals surface area (Å²) in [6, 6.07) is 8.07. The van der Waals surface area contributed by atoms with E-state index in [1.54, 1.807) is 0 Å². The minimum atomic E-state index is -0.00549. The molecule has 0 unspecified atom stereocenters. The van der Waals surface area contributed by atoms with Crippen LogP contribution in [-0.4, -0.2) is 25.4 Å². The van der Waals surface area contributed by atoms with Crippen LogP contribution in [0.15, 0.2) is 24.3 Å².